The van der Waals surface area contributed by atoms with E-state index in [-0.39, 0.29) is 5.91 Å². The fourth-order valence-electron chi connectivity index (χ4n) is 0.991. The van der Waals surface area contributed by atoms with Gasteiger partial charge in [0.05, 0.1) is 7.11 Å². The van der Waals surface area contributed by atoms with Crippen molar-refractivity contribution in [2.45, 2.75) is 0 Å². The zero-order valence-corrected chi connectivity index (χ0v) is 9.13. The highest BCUT2D eigenvalue weighted by Gasteiger charge is 2.11. The molecule has 0 radical (unpaired) electrons. The van der Waals surface area contributed by atoms with Gasteiger partial charge in [0.2, 0.25) is 0 Å². The van der Waals surface area contributed by atoms with E-state index in [0.717, 1.165) is 10.5 Å². The third-order valence-corrected chi connectivity index (χ3v) is 2.39. The molecule has 1 amide bonds. The van der Waals surface area contributed by atoms with E-state index in [9.17, 15) is 4.79 Å². The summed E-state index contributed by atoms with van der Waals surface area (Å²) in [6.45, 7) is 0. The van der Waals surface area contributed by atoms with Gasteiger partial charge in [-0.3, -0.25) is 9.63 Å². The molecule has 5 heteroatoms. The Morgan fingerprint density at radius 1 is 1.57 bits per heavy atom. The van der Waals surface area contributed by atoms with Gasteiger partial charge in [0, 0.05) is 17.6 Å². The van der Waals surface area contributed by atoms with E-state index in [1.807, 2.05) is 7.85 Å². The van der Waals surface area contributed by atoms with Gasteiger partial charge >= 0.3 is 0 Å². The predicted octanol–water partition coefficient (Wildman–Crippen LogP) is 0.232. The minimum Gasteiger partial charge on any atom is -0.274 e. The fraction of sp³-hybridized carbons (Fsp3) is 0.222. The molecule has 0 saturated carbocycles. The molecular formula is C9H11BClNO2. The van der Waals surface area contributed by atoms with Gasteiger partial charge < -0.3 is 0 Å². The summed E-state index contributed by atoms with van der Waals surface area (Å²) < 4.78 is 0. The van der Waals surface area contributed by atoms with Crippen molar-refractivity contribution in [1.29, 1.82) is 0 Å². The van der Waals surface area contributed by atoms with Gasteiger partial charge in [-0.15, -0.1) is 0 Å². The maximum absolute atomic E-state index is 11.6. The molecule has 14 heavy (non-hydrogen) atoms. The lowest BCUT2D eigenvalue weighted by atomic mass is 9.95. The van der Waals surface area contributed by atoms with Gasteiger partial charge in [-0.2, -0.15) is 0 Å². The molecule has 0 atom stereocenters. The highest BCUT2D eigenvalue weighted by atomic mass is 35.5. The van der Waals surface area contributed by atoms with E-state index in [0.29, 0.717) is 10.6 Å². The molecular weight excluding hydrogens is 200 g/mol. The molecule has 0 spiro atoms. The second-order valence-electron chi connectivity index (χ2n) is 2.95. The van der Waals surface area contributed by atoms with Crippen LogP contribution in [0.2, 0.25) is 5.02 Å². The van der Waals surface area contributed by atoms with Gasteiger partial charge in [0.25, 0.3) is 5.91 Å². The van der Waals surface area contributed by atoms with E-state index < -0.39 is 0 Å². The summed E-state index contributed by atoms with van der Waals surface area (Å²) in [7, 11) is 4.88. The molecule has 1 rings (SSSR count). The molecule has 1 aromatic carbocycles. The SMILES string of the molecule is Bc1ccc(C(=O)N(C)OC)cc1Cl. The van der Waals surface area contributed by atoms with Gasteiger partial charge in [0.1, 0.15) is 7.85 Å². The molecule has 0 fully saturated rings. The molecule has 0 N–H and O–H groups in total. The summed E-state index contributed by atoms with van der Waals surface area (Å²) in [6.07, 6.45) is 0. The third-order valence-electron chi connectivity index (χ3n) is 1.98. The molecule has 0 saturated heterocycles. The topological polar surface area (TPSA) is 29.5 Å². The summed E-state index contributed by atoms with van der Waals surface area (Å²) in [5, 5.41) is 1.74. The van der Waals surface area contributed by atoms with Crippen LogP contribution in [-0.4, -0.2) is 33.0 Å². The van der Waals surface area contributed by atoms with Crippen LogP contribution in [0.4, 0.5) is 0 Å². The zero-order chi connectivity index (χ0) is 10.7. The molecule has 1 aromatic rings. The normalized spacial score (nSPS) is 9.93. The first kappa shape index (κ1) is 11.1. The number of carbonyl (C=O) groups is 1. The summed E-state index contributed by atoms with van der Waals surface area (Å²) in [5.74, 6) is -0.214. The number of benzene rings is 1. The van der Waals surface area contributed by atoms with Gasteiger partial charge in [-0.25, -0.2) is 5.06 Å². The number of hydrogen-bond acceptors (Lipinski definition) is 2. The molecule has 3 nitrogen and oxygen atoms in total. The first-order valence-corrected chi connectivity index (χ1v) is 4.52. The number of amides is 1. The van der Waals surface area contributed by atoms with E-state index in [1.165, 1.54) is 7.11 Å². The third kappa shape index (κ3) is 2.27. The number of hydrogen-bond donors (Lipinski definition) is 0. The van der Waals surface area contributed by atoms with Gasteiger partial charge in [-0.05, 0) is 12.1 Å². The van der Waals surface area contributed by atoms with Crippen LogP contribution in [0.25, 0.3) is 0 Å². The largest absolute Gasteiger partial charge is 0.277 e. The van der Waals surface area contributed by atoms with Crippen molar-refractivity contribution in [1.82, 2.24) is 5.06 Å². The Hall–Kier alpha value is -0.995. The lowest BCUT2D eigenvalue weighted by molar-refractivity contribution is -0.0756. The highest BCUT2D eigenvalue weighted by Crippen LogP contribution is 2.09. The molecule has 0 heterocycles. The zero-order valence-electron chi connectivity index (χ0n) is 8.37. The predicted molar refractivity (Wildman–Crippen MR) is 58.7 cm³/mol. The van der Waals surface area contributed by atoms with E-state index >= 15 is 0 Å². The minimum absolute atomic E-state index is 0.214. The molecule has 0 bridgehead atoms. The van der Waals surface area contributed by atoms with Crippen molar-refractivity contribution >= 4 is 30.8 Å². The first-order valence-electron chi connectivity index (χ1n) is 4.14. The summed E-state index contributed by atoms with van der Waals surface area (Å²) >= 11 is 5.89. The van der Waals surface area contributed by atoms with Crippen molar-refractivity contribution in [2.24, 2.45) is 0 Å². The number of halogens is 1. The van der Waals surface area contributed by atoms with Crippen LogP contribution in [0.1, 0.15) is 10.4 Å². The number of hydroxylamine groups is 2. The van der Waals surface area contributed by atoms with Crippen molar-refractivity contribution < 1.29 is 9.63 Å². The van der Waals surface area contributed by atoms with Crippen molar-refractivity contribution in [3.05, 3.63) is 28.8 Å². The second kappa shape index (κ2) is 4.48. The monoisotopic (exact) mass is 211 g/mol. The number of rotatable bonds is 2. The number of carbonyl (C=O) groups excluding carboxylic acids is 1. The molecule has 0 aromatic heterocycles. The second-order valence-corrected chi connectivity index (χ2v) is 3.36. The highest BCUT2D eigenvalue weighted by molar-refractivity contribution is 6.45. The Kier molecular flexibility index (Phi) is 3.55. The van der Waals surface area contributed by atoms with Crippen LogP contribution in [0.3, 0.4) is 0 Å². The van der Waals surface area contributed by atoms with Crippen LogP contribution in [0.5, 0.6) is 0 Å². The maximum atomic E-state index is 11.6. The Labute approximate surface area is 89.0 Å². The summed E-state index contributed by atoms with van der Waals surface area (Å²) in [6, 6.07) is 5.16. The molecule has 0 aliphatic rings. The molecule has 74 valence electrons. The fourth-order valence-corrected chi connectivity index (χ4v) is 1.17. The Morgan fingerprint density at radius 3 is 2.71 bits per heavy atom. The quantitative estimate of drug-likeness (QED) is 0.518. The van der Waals surface area contributed by atoms with Gasteiger partial charge in [-0.1, -0.05) is 23.1 Å². The van der Waals surface area contributed by atoms with Crippen LogP contribution >= 0.6 is 11.6 Å². The minimum atomic E-state index is -0.214. The Balaban J connectivity index is 2.97. The lowest BCUT2D eigenvalue weighted by Crippen LogP contribution is -2.25. The van der Waals surface area contributed by atoms with E-state index in [1.54, 1.807) is 25.2 Å². The maximum Gasteiger partial charge on any atom is 0.277 e. The Bertz CT molecular complexity index is 357. The summed E-state index contributed by atoms with van der Waals surface area (Å²) in [4.78, 5) is 16.4. The summed E-state index contributed by atoms with van der Waals surface area (Å²) in [5.41, 5.74) is 1.47. The van der Waals surface area contributed by atoms with Gasteiger partial charge in [0.15, 0.2) is 0 Å². The lowest BCUT2D eigenvalue weighted by Gasteiger charge is -2.13. The molecule has 0 unspecified atom stereocenters. The first-order chi connectivity index (χ1) is 6.56. The standard InChI is InChI=1S/C9H11BClNO2/c1-12(14-2)9(13)6-3-4-7(10)8(11)5-6/h3-5H,10H2,1-2H3. The van der Waals surface area contributed by atoms with Crippen LogP contribution in [0, 0.1) is 0 Å². The van der Waals surface area contributed by atoms with Crippen LogP contribution < -0.4 is 5.46 Å². The molecule has 0 aliphatic heterocycles. The van der Waals surface area contributed by atoms with Crippen molar-refractivity contribution in [2.75, 3.05) is 14.2 Å². The van der Waals surface area contributed by atoms with Crippen molar-refractivity contribution in [3.63, 3.8) is 0 Å². The number of nitrogens with zero attached hydrogens (tertiary/aromatic N) is 1. The van der Waals surface area contributed by atoms with E-state index in [4.69, 9.17) is 16.4 Å². The van der Waals surface area contributed by atoms with E-state index in [2.05, 4.69) is 0 Å². The molecule has 0 aliphatic carbocycles. The van der Waals surface area contributed by atoms with Crippen molar-refractivity contribution in [3.8, 4) is 0 Å². The smallest absolute Gasteiger partial charge is 0.274 e. The average molecular weight is 211 g/mol. The van der Waals surface area contributed by atoms with Crippen LogP contribution in [0.15, 0.2) is 18.2 Å². The average Bonchev–Trinajstić information content (AvgIpc) is 2.20. The van der Waals surface area contributed by atoms with Crippen LogP contribution in [-0.2, 0) is 4.84 Å². The Morgan fingerprint density at radius 2 is 2.21 bits per heavy atom.